The number of rotatable bonds is 1. The lowest BCUT2D eigenvalue weighted by Gasteiger charge is -2.12. The van der Waals surface area contributed by atoms with Crippen LogP contribution in [0.15, 0.2) is 54.9 Å². The molecule has 2 heterocycles. The highest BCUT2D eigenvalue weighted by Crippen LogP contribution is 2.40. The number of para-hydroxylation sites is 2. The molecule has 0 spiro atoms. The average Bonchev–Trinajstić information content (AvgIpc) is 2.79. The van der Waals surface area contributed by atoms with Gasteiger partial charge in [0.25, 0.3) is 0 Å². The normalized spacial score (nSPS) is 17.3. The van der Waals surface area contributed by atoms with Gasteiger partial charge < -0.3 is 4.90 Å². The highest BCUT2D eigenvalue weighted by molar-refractivity contribution is 6.08. The average molecular weight is 275 g/mol. The van der Waals surface area contributed by atoms with E-state index in [0.717, 1.165) is 27.8 Å². The van der Waals surface area contributed by atoms with Crippen LogP contribution in [0.3, 0.4) is 0 Å². The van der Waals surface area contributed by atoms with Crippen LogP contribution in [0.25, 0.3) is 10.9 Å². The van der Waals surface area contributed by atoms with Crippen molar-refractivity contribution in [2.24, 2.45) is 0 Å². The summed E-state index contributed by atoms with van der Waals surface area (Å²) in [6.07, 6.45) is 1.53. The van der Waals surface area contributed by atoms with Gasteiger partial charge in [0.1, 0.15) is 12.2 Å². The number of nitrogens with zero attached hydrogens (tertiary/aromatic N) is 3. The van der Waals surface area contributed by atoms with Gasteiger partial charge in [-0.2, -0.15) is 0 Å². The van der Waals surface area contributed by atoms with Crippen molar-refractivity contribution in [1.29, 1.82) is 0 Å². The number of aromatic nitrogens is 2. The Labute approximate surface area is 122 Å². The van der Waals surface area contributed by atoms with Crippen LogP contribution < -0.4 is 4.90 Å². The fourth-order valence-electron chi connectivity index (χ4n) is 3.00. The Morgan fingerprint density at radius 2 is 1.76 bits per heavy atom. The van der Waals surface area contributed by atoms with Crippen LogP contribution in [0, 0.1) is 0 Å². The number of benzene rings is 2. The van der Waals surface area contributed by atoms with Gasteiger partial charge in [-0.05, 0) is 17.7 Å². The highest BCUT2D eigenvalue weighted by atomic mass is 16.2. The third-order valence-corrected chi connectivity index (χ3v) is 4.03. The first-order valence-electron chi connectivity index (χ1n) is 6.83. The predicted octanol–water partition coefficient (Wildman–Crippen LogP) is 2.74. The first-order valence-corrected chi connectivity index (χ1v) is 6.83. The quantitative estimate of drug-likeness (QED) is 0.686. The van der Waals surface area contributed by atoms with Crippen molar-refractivity contribution in [3.63, 3.8) is 0 Å². The maximum atomic E-state index is 12.7. The topological polar surface area (TPSA) is 46.1 Å². The second kappa shape index (κ2) is 4.38. The van der Waals surface area contributed by atoms with E-state index < -0.39 is 0 Å². The minimum Gasteiger partial charge on any atom is -0.314 e. The first-order chi connectivity index (χ1) is 10.3. The summed E-state index contributed by atoms with van der Waals surface area (Å²) in [6.45, 7) is 0. The molecule has 21 heavy (non-hydrogen) atoms. The van der Waals surface area contributed by atoms with E-state index in [1.165, 1.54) is 6.33 Å². The van der Waals surface area contributed by atoms with Crippen LogP contribution in [0.2, 0.25) is 0 Å². The van der Waals surface area contributed by atoms with Gasteiger partial charge in [-0.3, -0.25) is 4.79 Å². The molecule has 1 amide bonds. The van der Waals surface area contributed by atoms with Gasteiger partial charge in [-0.15, -0.1) is 0 Å². The third kappa shape index (κ3) is 1.65. The molecule has 0 bridgehead atoms. The SMILES string of the molecule is CN1C(=O)C(c2ncnc3ccccc23)c2ccccc21. The Hall–Kier alpha value is -2.75. The number of amides is 1. The molecular formula is C17H13N3O. The molecular weight excluding hydrogens is 262 g/mol. The number of carbonyl (C=O) groups is 1. The van der Waals surface area contributed by atoms with Crippen LogP contribution in [0.1, 0.15) is 17.2 Å². The monoisotopic (exact) mass is 275 g/mol. The largest absolute Gasteiger partial charge is 0.314 e. The molecule has 0 radical (unpaired) electrons. The fourth-order valence-corrected chi connectivity index (χ4v) is 3.00. The predicted molar refractivity (Wildman–Crippen MR) is 81.2 cm³/mol. The molecule has 1 aliphatic rings. The lowest BCUT2D eigenvalue weighted by Crippen LogP contribution is -2.25. The minimum atomic E-state index is -0.348. The maximum absolute atomic E-state index is 12.7. The molecule has 1 aliphatic heterocycles. The van der Waals surface area contributed by atoms with E-state index in [-0.39, 0.29) is 11.8 Å². The van der Waals surface area contributed by atoms with E-state index in [2.05, 4.69) is 9.97 Å². The Morgan fingerprint density at radius 3 is 2.67 bits per heavy atom. The van der Waals surface area contributed by atoms with Gasteiger partial charge in [0.15, 0.2) is 0 Å². The highest BCUT2D eigenvalue weighted by Gasteiger charge is 2.37. The van der Waals surface area contributed by atoms with Gasteiger partial charge in [-0.25, -0.2) is 9.97 Å². The van der Waals surface area contributed by atoms with E-state index in [1.807, 2.05) is 55.6 Å². The van der Waals surface area contributed by atoms with E-state index in [4.69, 9.17) is 0 Å². The smallest absolute Gasteiger partial charge is 0.240 e. The number of fused-ring (bicyclic) bond motifs is 2. The number of likely N-dealkylation sites (N-methyl/N-ethyl adjacent to an activating group) is 1. The summed E-state index contributed by atoms with van der Waals surface area (Å²) in [4.78, 5) is 23.1. The molecule has 3 aromatic rings. The second-order valence-electron chi connectivity index (χ2n) is 5.17. The molecule has 1 atom stereocenters. The molecule has 0 aliphatic carbocycles. The zero-order chi connectivity index (χ0) is 14.4. The third-order valence-electron chi connectivity index (χ3n) is 4.03. The molecule has 4 heteroatoms. The summed E-state index contributed by atoms with van der Waals surface area (Å²) < 4.78 is 0. The number of hydrogen-bond acceptors (Lipinski definition) is 3. The molecule has 0 N–H and O–H groups in total. The van der Waals surface area contributed by atoms with Crippen molar-refractivity contribution >= 4 is 22.5 Å². The fraction of sp³-hybridized carbons (Fsp3) is 0.118. The van der Waals surface area contributed by atoms with E-state index in [0.29, 0.717) is 0 Å². The Morgan fingerprint density at radius 1 is 1.00 bits per heavy atom. The lowest BCUT2D eigenvalue weighted by atomic mass is 9.94. The standard InChI is InChI=1S/C17H13N3O/c1-20-14-9-5-3-7-12(14)15(17(20)21)16-11-6-2-4-8-13(11)18-10-19-16/h2-10,15H,1H3. The van der Waals surface area contributed by atoms with Crippen molar-refractivity contribution < 1.29 is 4.79 Å². The zero-order valence-electron chi connectivity index (χ0n) is 11.5. The minimum absolute atomic E-state index is 0.0556. The maximum Gasteiger partial charge on any atom is 0.240 e. The molecule has 102 valence electrons. The number of carbonyl (C=O) groups excluding carboxylic acids is 1. The van der Waals surface area contributed by atoms with Crippen molar-refractivity contribution in [3.05, 3.63) is 66.1 Å². The second-order valence-corrected chi connectivity index (χ2v) is 5.17. The van der Waals surface area contributed by atoms with Crippen molar-refractivity contribution in [1.82, 2.24) is 9.97 Å². The van der Waals surface area contributed by atoms with Crippen molar-refractivity contribution in [2.75, 3.05) is 11.9 Å². The molecule has 4 nitrogen and oxygen atoms in total. The number of hydrogen-bond donors (Lipinski definition) is 0. The summed E-state index contributed by atoms with van der Waals surface area (Å²) in [6, 6.07) is 15.7. The summed E-state index contributed by atoms with van der Waals surface area (Å²) in [5.74, 6) is -0.292. The van der Waals surface area contributed by atoms with Gasteiger partial charge >= 0.3 is 0 Å². The van der Waals surface area contributed by atoms with Gasteiger partial charge in [0.05, 0.1) is 11.2 Å². The molecule has 1 unspecified atom stereocenters. The summed E-state index contributed by atoms with van der Waals surface area (Å²) in [5.41, 5.74) is 3.61. The van der Waals surface area contributed by atoms with Crippen LogP contribution in [-0.2, 0) is 4.79 Å². The Kier molecular flexibility index (Phi) is 2.51. The lowest BCUT2D eigenvalue weighted by molar-refractivity contribution is -0.118. The zero-order valence-corrected chi connectivity index (χ0v) is 11.5. The molecule has 4 rings (SSSR count). The van der Waals surface area contributed by atoms with Crippen molar-refractivity contribution in [3.8, 4) is 0 Å². The van der Waals surface area contributed by atoms with Crippen molar-refractivity contribution in [2.45, 2.75) is 5.92 Å². The summed E-state index contributed by atoms with van der Waals surface area (Å²) >= 11 is 0. The number of anilines is 1. The Bertz CT molecular complexity index is 854. The molecule has 0 saturated carbocycles. The van der Waals surface area contributed by atoms with E-state index in [1.54, 1.807) is 4.90 Å². The van der Waals surface area contributed by atoms with Gasteiger partial charge in [-0.1, -0.05) is 36.4 Å². The molecule has 2 aromatic carbocycles. The van der Waals surface area contributed by atoms with Gasteiger partial charge in [0.2, 0.25) is 5.91 Å². The van der Waals surface area contributed by atoms with Crippen LogP contribution in [0.5, 0.6) is 0 Å². The Balaban J connectivity index is 1.99. The summed E-state index contributed by atoms with van der Waals surface area (Å²) in [5, 5.41) is 0.934. The van der Waals surface area contributed by atoms with E-state index in [9.17, 15) is 4.79 Å². The van der Waals surface area contributed by atoms with Crippen LogP contribution >= 0.6 is 0 Å². The van der Waals surface area contributed by atoms with E-state index >= 15 is 0 Å². The molecule has 0 saturated heterocycles. The van der Waals surface area contributed by atoms with Crippen LogP contribution in [0.4, 0.5) is 5.69 Å². The molecule has 0 fully saturated rings. The first kappa shape index (κ1) is 12.0. The van der Waals surface area contributed by atoms with Gasteiger partial charge in [0, 0.05) is 18.1 Å². The molecule has 1 aromatic heterocycles. The van der Waals surface area contributed by atoms with Crippen LogP contribution in [-0.4, -0.2) is 22.9 Å². The summed E-state index contributed by atoms with van der Waals surface area (Å²) in [7, 11) is 1.81.